The van der Waals surface area contributed by atoms with Crippen molar-refractivity contribution in [3.05, 3.63) is 22.1 Å². The fourth-order valence-electron chi connectivity index (χ4n) is 1.04. The molecule has 0 saturated carbocycles. The Morgan fingerprint density at radius 3 is 2.54 bits per heavy atom. The monoisotopic (exact) mass is 248 g/mol. The van der Waals surface area contributed by atoms with Crippen LogP contribution in [0.2, 0.25) is 0 Å². The third kappa shape index (κ3) is 1.97. The van der Waals surface area contributed by atoms with Crippen LogP contribution in [0.25, 0.3) is 0 Å². The highest BCUT2D eigenvalue weighted by molar-refractivity contribution is 9.10. The summed E-state index contributed by atoms with van der Waals surface area (Å²) in [5.74, 6) is -0.887. The Morgan fingerprint density at radius 1 is 1.62 bits per heavy atom. The van der Waals surface area contributed by atoms with Gasteiger partial charge in [-0.2, -0.15) is 0 Å². The first-order valence-corrected chi connectivity index (χ1v) is 4.45. The van der Waals surface area contributed by atoms with Crippen molar-refractivity contribution in [1.29, 1.82) is 0 Å². The second-order valence-electron chi connectivity index (χ2n) is 3.24. The van der Waals surface area contributed by atoms with Gasteiger partial charge in [-0.25, -0.2) is 9.37 Å². The second-order valence-corrected chi connectivity index (χ2v) is 4.09. The number of aliphatic hydroxyl groups is 1. The molecule has 72 valence electrons. The van der Waals surface area contributed by atoms with E-state index in [4.69, 9.17) is 5.73 Å². The minimum absolute atomic E-state index is 0.125. The van der Waals surface area contributed by atoms with Crippen LogP contribution in [0.15, 0.2) is 10.7 Å². The van der Waals surface area contributed by atoms with E-state index in [1.807, 2.05) is 0 Å². The standard InChI is InChI=1S/C8H10BrFN2O/c1-8(2,13)5-4(9)3-12-7(11)6(5)10/h3,13H,1-2H3,(H2,11,12). The van der Waals surface area contributed by atoms with Gasteiger partial charge in [0.05, 0.1) is 5.60 Å². The summed E-state index contributed by atoms with van der Waals surface area (Å²) >= 11 is 3.10. The Balaban J connectivity index is 3.43. The first kappa shape index (κ1) is 10.4. The fourth-order valence-corrected chi connectivity index (χ4v) is 1.80. The van der Waals surface area contributed by atoms with Gasteiger partial charge in [0.1, 0.15) is 0 Å². The molecule has 3 nitrogen and oxygen atoms in total. The first-order valence-electron chi connectivity index (χ1n) is 3.66. The van der Waals surface area contributed by atoms with E-state index in [2.05, 4.69) is 20.9 Å². The number of pyridine rings is 1. The molecular weight excluding hydrogens is 239 g/mol. The maximum atomic E-state index is 13.4. The molecule has 1 heterocycles. The molecular formula is C8H10BrFN2O. The summed E-state index contributed by atoms with van der Waals surface area (Å²) in [5, 5.41) is 9.62. The molecule has 0 radical (unpaired) electrons. The van der Waals surface area contributed by atoms with Crippen LogP contribution in [0.3, 0.4) is 0 Å². The molecule has 0 saturated heterocycles. The summed E-state index contributed by atoms with van der Waals surface area (Å²) in [4.78, 5) is 3.60. The van der Waals surface area contributed by atoms with Gasteiger partial charge < -0.3 is 10.8 Å². The van der Waals surface area contributed by atoms with Gasteiger partial charge in [-0.3, -0.25) is 0 Å². The van der Waals surface area contributed by atoms with Crippen LogP contribution < -0.4 is 5.73 Å². The molecule has 3 N–H and O–H groups in total. The normalized spacial score (nSPS) is 11.8. The zero-order valence-electron chi connectivity index (χ0n) is 7.31. The Morgan fingerprint density at radius 2 is 2.15 bits per heavy atom. The van der Waals surface area contributed by atoms with Crippen molar-refractivity contribution in [3.63, 3.8) is 0 Å². The highest BCUT2D eigenvalue weighted by Gasteiger charge is 2.25. The highest BCUT2D eigenvalue weighted by atomic mass is 79.9. The van der Waals surface area contributed by atoms with E-state index < -0.39 is 11.4 Å². The van der Waals surface area contributed by atoms with Crippen LogP contribution in [-0.2, 0) is 5.60 Å². The van der Waals surface area contributed by atoms with Crippen LogP contribution in [0.4, 0.5) is 10.2 Å². The van der Waals surface area contributed by atoms with Gasteiger partial charge in [0.15, 0.2) is 11.6 Å². The largest absolute Gasteiger partial charge is 0.386 e. The van der Waals surface area contributed by atoms with E-state index in [1.54, 1.807) is 0 Å². The van der Waals surface area contributed by atoms with Crippen molar-refractivity contribution in [2.45, 2.75) is 19.4 Å². The lowest BCUT2D eigenvalue weighted by Crippen LogP contribution is -2.19. The molecule has 0 bridgehead atoms. The van der Waals surface area contributed by atoms with Crippen molar-refractivity contribution < 1.29 is 9.50 Å². The summed E-state index contributed by atoms with van der Waals surface area (Å²) in [6, 6.07) is 0. The average Bonchev–Trinajstić information content (AvgIpc) is 1.95. The van der Waals surface area contributed by atoms with Crippen LogP contribution in [0.1, 0.15) is 19.4 Å². The van der Waals surface area contributed by atoms with Gasteiger partial charge in [0.25, 0.3) is 0 Å². The minimum atomic E-state index is -1.28. The predicted octanol–water partition coefficient (Wildman–Crippen LogP) is 1.79. The molecule has 0 aliphatic carbocycles. The van der Waals surface area contributed by atoms with E-state index in [-0.39, 0.29) is 11.4 Å². The number of nitrogen functional groups attached to an aromatic ring is 1. The maximum Gasteiger partial charge on any atom is 0.172 e. The molecule has 0 aromatic carbocycles. The number of halogens is 2. The van der Waals surface area contributed by atoms with Gasteiger partial charge in [0, 0.05) is 16.2 Å². The zero-order chi connectivity index (χ0) is 10.2. The van der Waals surface area contributed by atoms with Crippen molar-refractivity contribution in [3.8, 4) is 0 Å². The van der Waals surface area contributed by atoms with E-state index in [9.17, 15) is 9.50 Å². The molecule has 13 heavy (non-hydrogen) atoms. The SMILES string of the molecule is CC(C)(O)c1c(Br)cnc(N)c1F. The maximum absolute atomic E-state index is 13.4. The number of nitrogens with two attached hydrogens (primary N) is 1. The number of aromatic nitrogens is 1. The molecule has 5 heteroatoms. The number of anilines is 1. The zero-order valence-corrected chi connectivity index (χ0v) is 8.89. The van der Waals surface area contributed by atoms with E-state index >= 15 is 0 Å². The second kappa shape index (κ2) is 3.23. The van der Waals surface area contributed by atoms with Gasteiger partial charge in [-0.15, -0.1) is 0 Å². The molecule has 0 aliphatic rings. The van der Waals surface area contributed by atoms with Crippen molar-refractivity contribution in [2.24, 2.45) is 0 Å². The summed E-state index contributed by atoms with van der Waals surface area (Å²) < 4.78 is 13.8. The Hall–Kier alpha value is -0.680. The number of nitrogens with zero attached hydrogens (tertiary/aromatic N) is 1. The number of rotatable bonds is 1. The molecule has 0 atom stereocenters. The lowest BCUT2D eigenvalue weighted by molar-refractivity contribution is 0.0737. The minimum Gasteiger partial charge on any atom is -0.386 e. The van der Waals surface area contributed by atoms with Gasteiger partial charge in [-0.05, 0) is 29.8 Å². The van der Waals surface area contributed by atoms with Gasteiger partial charge >= 0.3 is 0 Å². The van der Waals surface area contributed by atoms with Gasteiger partial charge in [0.2, 0.25) is 0 Å². The molecule has 0 spiro atoms. The molecule has 1 aromatic heterocycles. The van der Waals surface area contributed by atoms with E-state index in [0.717, 1.165) is 0 Å². The summed E-state index contributed by atoms with van der Waals surface area (Å²) in [6.45, 7) is 2.96. The smallest absolute Gasteiger partial charge is 0.172 e. The Kier molecular flexibility index (Phi) is 2.58. The molecule has 0 aliphatic heterocycles. The average molecular weight is 249 g/mol. The Labute approximate surface area is 83.9 Å². The van der Waals surface area contributed by atoms with E-state index in [1.165, 1.54) is 20.0 Å². The molecule has 0 unspecified atom stereocenters. The molecule has 0 amide bonds. The van der Waals surface area contributed by atoms with Crippen LogP contribution in [-0.4, -0.2) is 10.1 Å². The Bertz CT molecular complexity index is 336. The molecule has 1 rings (SSSR count). The van der Waals surface area contributed by atoms with E-state index in [0.29, 0.717) is 4.47 Å². The molecule has 0 fully saturated rings. The van der Waals surface area contributed by atoms with Gasteiger partial charge in [-0.1, -0.05) is 0 Å². The van der Waals surface area contributed by atoms with Crippen LogP contribution >= 0.6 is 15.9 Å². The summed E-state index contributed by atoms with van der Waals surface area (Å²) in [7, 11) is 0. The highest BCUT2D eigenvalue weighted by Crippen LogP contribution is 2.31. The third-order valence-corrected chi connectivity index (χ3v) is 2.21. The third-order valence-electron chi connectivity index (χ3n) is 1.61. The lowest BCUT2D eigenvalue weighted by atomic mass is 9.99. The summed E-state index contributed by atoms with van der Waals surface area (Å²) in [6.07, 6.45) is 1.37. The van der Waals surface area contributed by atoms with Crippen molar-refractivity contribution >= 4 is 21.7 Å². The lowest BCUT2D eigenvalue weighted by Gasteiger charge is -2.20. The van der Waals surface area contributed by atoms with Crippen LogP contribution in [0, 0.1) is 5.82 Å². The number of hydrogen-bond donors (Lipinski definition) is 2. The quantitative estimate of drug-likeness (QED) is 0.797. The van der Waals surface area contributed by atoms with Crippen LogP contribution in [0.5, 0.6) is 0 Å². The van der Waals surface area contributed by atoms with Crippen molar-refractivity contribution in [2.75, 3.05) is 5.73 Å². The molecule has 1 aromatic rings. The topological polar surface area (TPSA) is 59.1 Å². The number of hydrogen-bond acceptors (Lipinski definition) is 3. The first-order chi connectivity index (χ1) is 5.84. The van der Waals surface area contributed by atoms with Crippen molar-refractivity contribution in [1.82, 2.24) is 4.98 Å². The fraction of sp³-hybridized carbons (Fsp3) is 0.375. The summed E-state index contributed by atoms with van der Waals surface area (Å²) in [5.41, 5.74) is 4.12. The predicted molar refractivity (Wildman–Crippen MR) is 51.6 cm³/mol.